The number of para-hydroxylation sites is 2. The number of imidazole rings is 1. The van der Waals surface area contributed by atoms with E-state index in [0.717, 1.165) is 40.2 Å². The van der Waals surface area contributed by atoms with Gasteiger partial charge in [0.15, 0.2) is 10.9 Å². The largest absolute Gasteiger partial charge is 0.293 e. The average molecular weight is 364 g/mol. The molecule has 0 aliphatic carbocycles. The second kappa shape index (κ2) is 6.96. The fraction of sp³-hybridized carbons (Fsp3) is 0.250. The zero-order chi connectivity index (χ0) is 18.1. The monoisotopic (exact) mass is 364 g/mol. The summed E-state index contributed by atoms with van der Waals surface area (Å²) in [5.41, 5.74) is 5.04. The lowest BCUT2D eigenvalue weighted by molar-refractivity contribution is 0.102. The molecule has 0 aliphatic rings. The molecule has 0 radical (unpaired) electrons. The van der Waals surface area contributed by atoms with Crippen molar-refractivity contribution in [2.45, 2.75) is 31.8 Å². The highest BCUT2D eigenvalue weighted by atomic mass is 32.2. The maximum Gasteiger partial charge on any atom is 0.231 e. The fourth-order valence-corrected chi connectivity index (χ4v) is 4.00. The Morgan fingerprint density at radius 1 is 1.15 bits per heavy atom. The van der Waals surface area contributed by atoms with Gasteiger partial charge in [0.25, 0.3) is 0 Å². The van der Waals surface area contributed by atoms with Gasteiger partial charge >= 0.3 is 0 Å². The van der Waals surface area contributed by atoms with Crippen LogP contribution in [0.25, 0.3) is 16.8 Å². The van der Waals surface area contributed by atoms with E-state index in [1.807, 2.05) is 34.7 Å². The molecule has 0 atom stereocenters. The number of Topliss-reactive ketones (excluding diaryl/α,β-unsaturated/α-hetero) is 1. The van der Waals surface area contributed by atoms with Crippen molar-refractivity contribution in [3.63, 3.8) is 0 Å². The van der Waals surface area contributed by atoms with Gasteiger partial charge in [0.2, 0.25) is 5.78 Å². The van der Waals surface area contributed by atoms with Gasteiger partial charge in [-0.2, -0.15) is 0 Å². The molecule has 6 heteroatoms. The molecule has 4 aromatic rings. The maximum atomic E-state index is 12.8. The van der Waals surface area contributed by atoms with E-state index in [1.54, 1.807) is 0 Å². The van der Waals surface area contributed by atoms with Crippen LogP contribution in [0.15, 0.2) is 47.6 Å². The van der Waals surface area contributed by atoms with Crippen molar-refractivity contribution in [1.29, 1.82) is 0 Å². The third kappa shape index (κ3) is 2.90. The zero-order valence-electron chi connectivity index (χ0n) is 14.8. The van der Waals surface area contributed by atoms with Crippen molar-refractivity contribution in [1.82, 2.24) is 19.6 Å². The Morgan fingerprint density at radius 2 is 2.00 bits per heavy atom. The van der Waals surface area contributed by atoms with Gasteiger partial charge in [-0.15, -0.1) is 5.10 Å². The maximum absolute atomic E-state index is 12.8. The number of aromatic nitrogens is 4. The van der Waals surface area contributed by atoms with Gasteiger partial charge < -0.3 is 0 Å². The van der Waals surface area contributed by atoms with E-state index in [0.29, 0.717) is 11.5 Å². The number of nitrogens with one attached hydrogen (secondary N) is 1. The van der Waals surface area contributed by atoms with Gasteiger partial charge in [-0.1, -0.05) is 49.9 Å². The Bertz CT molecular complexity index is 1100. The summed E-state index contributed by atoms with van der Waals surface area (Å²) in [6, 6.07) is 14.1. The van der Waals surface area contributed by atoms with Crippen LogP contribution in [0.5, 0.6) is 0 Å². The highest BCUT2D eigenvalue weighted by molar-refractivity contribution is 7.99. The summed E-state index contributed by atoms with van der Waals surface area (Å²) in [4.78, 5) is 17.4. The van der Waals surface area contributed by atoms with Gasteiger partial charge in [0, 0.05) is 5.56 Å². The summed E-state index contributed by atoms with van der Waals surface area (Å²) >= 11 is 1.44. The number of nitrogens with zero attached hydrogens (tertiary/aromatic N) is 3. The first kappa shape index (κ1) is 16.8. The number of benzene rings is 2. The SMILES string of the molecule is CCc1ccc(CC)c(C(=O)CSc2n[nH]c3nc4ccccc4n23)c1. The van der Waals surface area contributed by atoms with Gasteiger partial charge in [0.1, 0.15) is 0 Å². The molecule has 0 saturated carbocycles. The van der Waals surface area contributed by atoms with Gasteiger partial charge in [-0.3, -0.25) is 9.20 Å². The number of carbonyl (C=O) groups excluding carboxylic acids is 1. The third-order valence-corrected chi connectivity index (χ3v) is 5.54. The predicted octanol–water partition coefficient (Wildman–Crippen LogP) is 4.31. The number of carbonyl (C=O) groups is 1. The summed E-state index contributed by atoms with van der Waals surface area (Å²) < 4.78 is 1.97. The molecule has 4 rings (SSSR count). The smallest absolute Gasteiger partial charge is 0.231 e. The van der Waals surface area contributed by atoms with Crippen LogP contribution in [0.3, 0.4) is 0 Å². The number of H-pyrrole nitrogens is 1. The molecular weight excluding hydrogens is 344 g/mol. The summed E-state index contributed by atoms with van der Waals surface area (Å²) in [6.07, 6.45) is 1.78. The lowest BCUT2D eigenvalue weighted by atomic mass is 9.98. The van der Waals surface area contributed by atoms with E-state index in [4.69, 9.17) is 0 Å². The van der Waals surface area contributed by atoms with Crippen LogP contribution in [-0.4, -0.2) is 31.1 Å². The average Bonchev–Trinajstić information content (AvgIpc) is 3.24. The first-order valence-electron chi connectivity index (χ1n) is 8.80. The molecule has 0 spiro atoms. The van der Waals surface area contributed by atoms with E-state index in [9.17, 15) is 4.79 Å². The summed E-state index contributed by atoms with van der Waals surface area (Å²) in [7, 11) is 0. The first-order chi connectivity index (χ1) is 12.7. The van der Waals surface area contributed by atoms with Crippen molar-refractivity contribution in [2.24, 2.45) is 0 Å². The van der Waals surface area contributed by atoms with Crippen molar-refractivity contribution in [3.8, 4) is 0 Å². The number of aryl methyl sites for hydroxylation is 2. The molecule has 0 bridgehead atoms. The number of ketones is 1. The van der Waals surface area contributed by atoms with E-state index < -0.39 is 0 Å². The fourth-order valence-electron chi connectivity index (χ4n) is 3.16. The van der Waals surface area contributed by atoms with Crippen LogP contribution in [0.2, 0.25) is 0 Å². The topological polar surface area (TPSA) is 63.0 Å². The number of fused-ring (bicyclic) bond motifs is 3. The van der Waals surface area contributed by atoms with Crippen LogP contribution < -0.4 is 0 Å². The molecule has 0 fully saturated rings. The molecule has 26 heavy (non-hydrogen) atoms. The third-order valence-electron chi connectivity index (χ3n) is 4.60. The summed E-state index contributed by atoms with van der Waals surface area (Å²) in [6.45, 7) is 4.19. The Kier molecular flexibility index (Phi) is 4.51. The van der Waals surface area contributed by atoms with E-state index in [2.05, 4.69) is 41.2 Å². The minimum atomic E-state index is 0.141. The molecule has 0 aliphatic heterocycles. The summed E-state index contributed by atoms with van der Waals surface area (Å²) in [5.74, 6) is 1.19. The molecule has 0 amide bonds. The standard InChI is InChI=1S/C20H20N4OS/c1-3-13-9-10-14(4-2)15(11-13)18(25)12-26-20-23-22-19-21-16-7-5-6-8-17(16)24(19)20/h5-11H,3-4,12H2,1-2H3,(H,21,22). The molecule has 5 nitrogen and oxygen atoms in total. The van der Waals surface area contributed by atoms with Crippen LogP contribution in [0.4, 0.5) is 0 Å². The molecule has 132 valence electrons. The number of hydrogen-bond donors (Lipinski definition) is 1. The minimum absolute atomic E-state index is 0.141. The molecule has 2 aromatic heterocycles. The number of aromatic amines is 1. The van der Waals surface area contributed by atoms with E-state index >= 15 is 0 Å². The van der Waals surface area contributed by atoms with Gasteiger partial charge in [0.05, 0.1) is 16.8 Å². The first-order valence-corrected chi connectivity index (χ1v) is 9.79. The number of hydrogen-bond acceptors (Lipinski definition) is 4. The minimum Gasteiger partial charge on any atom is -0.293 e. The Hall–Kier alpha value is -2.60. The molecule has 0 unspecified atom stereocenters. The zero-order valence-corrected chi connectivity index (χ0v) is 15.6. The Labute approximate surface area is 155 Å². The lowest BCUT2D eigenvalue weighted by Gasteiger charge is -2.08. The molecular formula is C20H20N4OS. The molecule has 2 aromatic carbocycles. The van der Waals surface area contributed by atoms with Crippen molar-refractivity contribution in [2.75, 3.05) is 5.75 Å². The van der Waals surface area contributed by atoms with Crippen LogP contribution in [0, 0.1) is 0 Å². The molecule has 2 heterocycles. The second-order valence-corrected chi connectivity index (χ2v) is 7.12. The van der Waals surface area contributed by atoms with Crippen molar-refractivity contribution < 1.29 is 4.79 Å². The number of rotatable bonds is 6. The highest BCUT2D eigenvalue weighted by Gasteiger charge is 2.16. The van der Waals surface area contributed by atoms with Crippen LogP contribution in [0.1, 0.15) is 35.3 Å². The van der Waals surface area contributed by atoms with Gasteiger partial charge in [-0.25, -0.2) is 10.1 Å². The van der Waals surface area contributed by atoms with Crippen LogP contribution in [-0.2, 0) is 12.8 Å². The normalized spacial score (nSPS) is 11.5. The Balaban J connectivity index is 1.61. The second-order valence-electron chi connectivity index (χ2n) is 6.18. The summed E-state index contributed by atoms with van der Waals surface area (Å²) in [5, 5.41) is 8.04. The quantitative estimate of drug-likeness (QED) is 0.409. The lowest BCUT2D eigenvalue weighted by Crippen LogP contribution is -2.07. The van der Waals surface area contributed by atoms with Crippen molar-refractivity contribution in [3.05, 3.63) is 59.2 Å². The highest BCUT2D eigenvalue weighted by Crippen LogP contribution is 2.24. The molecule has 0 saturated heterocycles. The Morgan fingerprint density at radius 3 is 2.81 bits per heavy atom. The predicted molar refractivity (Wildman–Crippen MR) is 105 cm³/mol. The molecule has 1 N–H and O–H groups in total. The van der Waals surface area contributed by atoms with Gasteiger partial charge in [-0.05, 0) is 42.2 Å². The number of thioether (sulfide) groups is 1. The van der Waals surface area contributed by atoms with Crippen LogP contribution >= 0.6 is 11.8 Å². The van der Waals surface area contributed by atoms with E-state index in [1.165, 1.54) is 17.3 Å². The van der Waals surface area contributed by atoms with E-state index in [-0.39, 0.29) is 5.78 Å². The van der Waals surface area contributed by atoms with Crippen molar-refractivity contribution >= 4 is 34.4 Å².